The molecule has 0 aliphatic carbocycles. The smallest absolute Gasteiger partial charge is 0.233 e. The van der Waals surface area contributed by atoms with Crippen LogP contribution in [0, 0.1) is 0 Å². The van der Waals surface area contributed by atoms with Crippen LogP contribution in [0.5, 0.6) is 0 Å². The van der Waals surface area contributed by atoms with E-state index in [1.807, 2.05) is 6.07 Å². The highest BCUT2D eigenvalue weighted by Crippen LogP contribution is 2.32. The number of rotatable bonds is 5. The molecule has 0 radical (unpaired) electrons. The summed E-state index contributed by atoms with van der Waals surface area (Å²) in [6.45, 7) is 0.449. The fourth-order valence-corrected chi connectivity index (χ4v) is 2.92. The summed E-state index contributed by atoms with van der Waals surface area (Å²) in [5, 5.41) is 0.566. The number of thioether (sulfide) groups is 1. The van der Waals surface area contributed by atoms with Crippen LogP contribution in [0.15, 0.2) is 45.9 Å². The van der Waals surface area contributed by atoms with Crippen molar-refractivity contribution in [3.8, 4) is 0 Å². The second-order valence-electron chi connectivity index (χ2n) is 4.28. The summed E-state index contributed by atoms with van der Waals surface area (Å²) in [6, 6.07) is 8.95. The molecule has 0 fully saturated rings. The number of furan rings is 1. The van der Waals surface area contributed by atoms with Crippen LogP contribution in [0.25, 0.3) is 0 Å². The van der Waals surface area contributed by atoms with Gasteiger partial charge in [0.25, 0.3) is 0 Å². The number of hydrogen-bond donors (Lipinski definition) is 1. The number of halogens is 1. The lowest BCUT2D eigenvalue weighted by atomic mass is 10.3. The predicted molar refractivity (Wildman–Crippen MR) is 81.8 cm³/mol. The Bertz CT molecular complexity index is 567. The Labute approximate surface area is 126 Å². The molecule has 0 aliphatic heterocycles. The molecule has 106 valence electrons. The number of hydrogen-bond acceptors (Lipinski definition) is 4. The van der Waals surface area contributed by atoms with E-state index in [1.54, 1.807) is 42.5 Å². The molecule has 0 saturated heterocycles. The lowest BCUT2D eigenvalue weighted by Gasteiger charge is -2.16. The first-order valence-corrected chi connectivity index (χ1v) is 7.37. The van der Waals surface area contributed by atoms with Crippen molar-refractivity contribution in [2.24, 2.45) is 0 Å². The molecule has 0 atom stereocenters. The summed E-state index contributed by atoms with van der Waals surface area (Å²) >= 11 is 7.41. The minimum atomic E-state index is -0.00859. The molecule has 1 aromatic carbocycles. The summed E-state index contributed by atoms with van der Waals surface area (Å²) in [5.74, 6) is 1.03. The zero-order valence-corrected chi connectivity index (χ0v) is 12.6. The van der Waals surface area contributed by atoms with Gasteiger partial charge in [0.1, 0.15) is 5.76 Å². The van der Waals surface area contributed by atoms with Gasteiger partial charge < -0.3 is 15.1 Å². The van der Waals surface area contributed by atoms with E-state index in [4.69, 9.17) is 21.8 Å². The average Bonchev–Trinajstić information content (AvgIpc) is 2.90. The number of nitrogens with two attached hydrogens (primary N) is 1. The normalized spacial score (nSPS) is 10.5. The number of carbonyl (C=O) groups is 1. The van der Waals surface area contributed by atoms with Crippen LogP contribution in [0.1, 0.15) is 5.76 Å². The molecule has 1 aromatic heterocycles. The Morgan fingerprint density at radius 2 is 2.20 bits per heavy atom. The Kier molecular flexibility index (Phi) is 4.98. The molecular weight excluding hydrogens is 296 g/mol. The summed E-state index contributed by atoms with van der Waals surface area (Å²) in [4.78, 5) is 14.4. The van der Waals surface area contributed by atoms with Crippen molar-refractivity contribution in [3.05, 3.63) is 47.4 Å². The molecule has 0 saturated carbocycles. The van der Waals surface area contributed by atoms with Crippen LogP contribution in [-0.4, -0.2) is 23.6 Å². The number of carbonyl (C=O) groups excluding carboxylic acids is 1. The largest absolute Gasteiger partial charge is 0.467 e. The Balaban J connectivity index is 1.91. The first-order chi connectivity index (χ1) is 9.58. The molecule has 0 aliphatic rings. The molecule has 1 amide bonds. The molecule has 4 nitrogen and oxygen atoms in total. The molecular formula is C14H15ClN2O2S. The first-order valence-electron chi connectivity index (χ1n) is 6.01. The Morgan fingerprint density at radius 3 is 2.85 bits per heavy atom. The summed E-state index contributed by atoms with van der Waals surface area (Å²) < 4.78 is 5.21. The van der Waals surface area contributed by atoms with Crippen molar-refractivity contribution >= 4 is 35.0 Å². The van der Waals surface area contributed by atoms with E-state index in [0.29, 0.717) is 17.3 Å². The van der Waals surface area contributed by atoms with Gasteiger partial charge in [-0.1, -0.05) is 17.7 Å². The second-order valence-corrected chi connectivity index (χ2v) is 5.67. The number of benzene rings is 1. The fourth-order valence-electron chi connectivity index (χ4n) is 1.65. The zero-order chi connectivity index (χ0) is 14.5. The van der Waals surface area contributed by atoms with Gasteiger partial charge in [-0.2, -0.15) is 0 Å². The van der Waals surface area contributed by atoms with E-state index in [1.165, 1.54) is 11.8 Å². The van der Waals surface area contributed by atoms with Gasteiger partial charge in [-0.3, -0.25) is 4.79 Å². The van der Waals surface area contributed by atoms with Crippen molar-refractivity contribution in [3.63, 3.8) is 0 Å². The summed E-state index contributed by atoms with van der Waals surface area (Å²) in [7, 11) is 1.74. The standard InChI is InChI=1S/C14H15ClN2O2S/c1-17(8-10-4-3-7-19-10)13(18)9-20-14-11(15)5-2-6-12(14)16/h2-7H,8-9,16H2,1H3. The third kappa shape index (κ3) is 3.71. The molecule has 0 unspecified atom stereocenters. The van der Waals surface area contributed by atoms with Crippen LogP contribution in [-0.2, 0) is 11.3 Å². The van der Waals surface area contributed by atoms with Crippen molar-refractivity contribution in [2.45, 2.75) is 11.4 Å². The molecule has 6 heteroatoms. The van der Waals surface area contributed by atoms with Gasteiger partial charge >= 0.3 is 0 Å². The Hall–Kier alpha value is -1.59. The zero-order valence-electron chi connectivity index (χ0n) is 11.0. The minimum Gasteiger partial charge on any atom is -0.467 e. The SMILES string of the molecule is CN(Cc1ccco1)C(=O)CSc1c(N)cccc1Cl. The highest BCUT2D eigenvalue weighted by Gasteiger charge is 2.13. The number of nitrogen functional groups attached to an aromatic ring is 1. The van der Waals surface area contributed by atoms with Gasteiger partial charge in [0.05, 0.1) is 23.6 Å². The maximum absolute atomic E-state index is 12.0. The number of amides is 1. The average molecular weight is 311 g/mol. The highest BCUT2D eigenvalue weighted by molar-refractivity contribution is 8.00. The monoisotopic (exact) mass is 310 g/mol. The predicted octanol–water partition coefficient (Wildman–Crippen LogP) is 3.27. The van der Waals surface area contributed by atoms with E-state index in [0.717, 1.165) is 10.7 Å². The lowest BCUT2D eigenvalue weighted by molar-refractivity contribution is -0.127. The molecule has 2 N–H and O–H groups in total. The van der Waals surface area contributed by atoms with Gasteiger partial charge in [-0.15, -0.1) is 11.8 Å². The van der Waals surface area contributed by atoms with Gasteiger partial charge in [-0.05, 0) is 24.3 Å². The summed E-state index contributed by atoms with van der Waals surface area (Å²) in [6.07, 6.45) is 1.59. The number of anilines is 1. The molecule has 2 rings (SSSR count). The van der Waals surface area contributed by atoms with Gasteiger partial charge in [-0.25, -0.2) is 0 Å². The second kappa shape index (κ2) is 6.72. The third-order valence-corrected chi connectivity index (χ3v) is 4.30. The van der Waals surface area contributed by atoms with Crippen LogP contribution in [0.2, 0.25) is 5.02 Å². The third-order valence-electron chi connectivity index (χ3n) is 2.74. The maximum Gasteiger partial charge on any atom is 0.233 e. The lowest BCUT2D eigenvalue weighted by Crippen LogP contribution is -2.27. The van der Waals surface area contributed by atoms with Crippen molar-refractivity contribution < 1.29 is 9.21 Å². The van der Waals surface area contributed by atoms with E-state index in [2.05, 4.69) is 0 Å². The summed E-state index contributed by atoms with van der Waals surface area (Å²) in [5.41, 5.74) is 6.44. The van der Waals surface area contributed by atoms with E-state index in [9.17, 15) is 4.79 Å². The Morgan fingerprint density at radius 1 is 1.40 bits per heavy atom. The van der Waals surface area contributed by atoms with Crippen molar-refractivity contribution in [1.29, 1.82) is 0 Å². The van der Waals surface area contributed by atoms with E-state index < -0.39 is 0 Å². The minimum absolute atomic E-state index is 0.00859. The van der Waals surface area contributed by atoms with Gasteiger partial charge in [0.2, 0.25) is 5.91 Å². The van der Waals surface area contributed by atoms with E-state index >= 15 is 0 Å². The van der Waals surface area contributed by atoms with Gasteiger partial charge in [0.15, 0.2) is 0 Å². The molecule has 0 spiro atoms. The number of nitrogens with zero attached hydrogens (tertiary/aromatic N) is 1. The maximum atomic E-state index is 12.0. The van der Waals surface area contributed by atoms with Gasteiger partial charge in [0, 0.05) is 17.6 Å². The van der Waals surface area contributed by atoms with Crippen molar-refractivity contribution in [1.82, 2.24) is 4.90 Å². The van der Waals surface area contributed by atoms with Crippen LogP contribution in [0.4, 0.5) is 5.69 Å². The van der Waals surface area contributed by atoms with Crippen LogP contribution in [0.3, 0.4) is 0 Å². The van der Waals surface area contributed by atoms with E-state index in [-0.39, 0.29) is 11.7 Å². The van der Waals surface area contributed by atoms with Crippen molar-refractivity contribution in [2.75, 3.05) is 18.5 Å². The van der Waals surface area contributed by atoms with Crippen LogP contribution < -0.4 is 5.73 Å². The molecule has 0 bridgehead atoms. The molecule has 2 aromatic rings. The quantitative estimate of drug-likeness (QED) is 0.680. The fraction of sp³-hybridized carbons (Fsp3) is 0.214. The van der Waals surface area contributed by atoms with Crippen LogP contribution >= 0.6 is 23.4 Å². The first kappa shape index (κ1) is 14.8. The molecule has 1 heterocycles. The topological polar surface area (TPSA) is 59.5 Å². The highest BCUT2D eigenvalue weighted by atomic mass is 35.5. The molecule has 20 heavy (non-hydrogen) atoms.